The number of halogens is 2. The fourth-order valence-electron chi connectivity index (χ4n) is 1.25. The zero-order valence-electron chi connectivity index (χ0n) is 7.92. The predicted molar refractivity (Wildman–Crippen MR) is 57.9 cm³/mol. The van der Waals surface area contributed by atoms with Crippen LogP contribution in [0.4, 0.5) is 0 Å². The molecule has 5 nitrogen and oxygen atoms in total. The van der Waals surface area contributed by atoms with E-state index < -0.39 is 6.10 Å². The summed E-state index contributed by atoms with van der Waals surface area (Å²) in [5, 5.41) is 9.31. The SMILES string of the molecule is Cl.Cl.NOCC(O)CN1CCOCC1. The van der Waals surface area contributed by atoms with E-state index in [2.05, 4.69) is 9.74 Å². The zero-order chi connectivity index (χ0) is 8.81. The van der Waals surface area contributed by atoms with Gasteiger partial charge in [-0.2, -0.15) is 0 Å². The van der Waals surface area contributed by atoms with E-state index in [1.807, 2.05) is 0 Å². The molecule has 1 atom stereocenters. The van der Waals surface area contributed by atoms with Crippen molar-refractivity contribution in [1.82, 2.24) is 4.90 Å². The van der Waals surface area contributed by atoms with Gasteiger partial charge in [0.05, 0.1) is 25.9 Å². The summed E-state index contributed by atoms with van der Waals surface area (Å²) in [6.07, 6.45) is -0.493. The van der Waals surface area contributed by atoms with Crippen molar-refractivity contribution < 1.29 is 14.7 Å². The van der Waals surface area contributed by atoms with Crippen molar-refractivity contribution in [2.75, 3.05) is 39.5 Å². The number of aliphatic hydroxyl groups excluding tert-OH is 1. The number of rotatable bonds is 4. The quantitative estimate of drug-likeness (QED) is 0.652. The molecule has 0 radical (unpaired) electrons. The first kappa shape index (κ1) is 16.8. The van der Waals surface area contributed by atoms with Crippen molar-refractivity contribution in [2.45, 2.75) is 6.10 Å². The highest BCUT2D eigenvalue weighted by Crippen LogP contribution is 1.98. The summed E-state index contributed by atoms with van der Waals surface area (Å²) in [4.78, 5) is 6.47. The van der Waals surface area contributed by atoms with Gasteiger partial charge in [-0.3, -0.25) is 4.90 Å². The van der Waals surface area contributed by atoms with Crippen LogP contribution in [0.3, 0.4) is 0 Å². The summed E-state index contributed by atoms with van der Waals surface area (Å²) < 4.78 is 5.16. The van der Waals surface area contributed by atoms with Crippen LogP contribution in [-0.2, 0) is 9.57 Å². The number of nitrogens with two attached hydrogens (primary N) is 1. The van der Waals surface area contributed by atoms with Crippen molar-refractivity contribution in [3.05, 3.63) is 0 Å². The van der Waals surface area contributed by atoms with Crippen molar-refractivity contribution in [2.24, 2.45) is 5.90 Å². The molecule has 0 bridgehead atoms. The van der Waals surface area contributed by atoms with Gasteiger partial charge in [-0.1, -0.05) is 0 Å². The second-order valence-corrected chi connectivity index (χ2v) is 2.90. The molecule has 88 valence electrons. The van der Waals surface area contributed by atoms with Crippen LogP contribution in [0.25, 0.3) is 0 Å². The molecule has 0 aromatic carbocycles. The third-order valence-electron chi connectivity index (χ3n) is 1.86. The molecule has 1 saturated heterocycles. The summed E-state index contributed by atoms with van der Waals surface area (Å²) >= 11 is 0. The molecule has 0 aliphatic carbocycles. The molecule has 0 aromatic heterocycles. The maximum absolute atomic E-state index is 9.31. The number of morpholine rings is 1. The van der Waals surface area contributed by atoms with Crippen LogP contribution < -0.4 is 5.90 Å². The highest BCUT2D eigenvalue weighted by atomic mass is 35.5. The van der Waals surface area contributed by atoms with Crippen molar-refractivity contribution in [3.63, 3.8) is 0 Å². The molecule has 1 heterocycles. The Morgan fingerprint density at radius 2 is 1.93 bits per heavy atom. The van der Waals surface area contributed by atoms with Crippen LogP contribution in [0, 0.1) is 0 Å². The molecule has 0 spiro atoms. The van der Waals surface area contributed by atoms with Gasteiger partial charge in [0, 0.05) is 19.6 Å². The van der Waals surface area contributed by atoms with Gasteiger partial charge in [0.1, 0.15) is 0 Å². The lowest BCUT2D eigenvalue weighted by Gasteiger charge is -2.28. The molecule has 1 aliphatic heterocycles. The Balaban J connectivity index is 0. The largest absolute Gasteiger partial charge is 0.389 e. The highest BCUT2D eigenvalue weighted by Gasteiger charge is 2.14. The Labute approximate surface area is 96.3 Å². The van der Waals surface area contributed by atoms with Crippen LogP contribution in [0.2, 0.25) is 0 Å². The molecule has 1 rings (SSSR count). The predicted octanol–water partition coefficient (Wildman–Crippen LogP) is -0.587. The summed E-state index contributed by atoms with van der Waals surface area (Å²) in [7, 11) is 0. The third kappa shape index (κ3) is 6.78. The Morgan fingerprint density at radius 1 is 1.36 bits per heavy atom. The van der Waals surface area contributed by atoms with Gasteiger partial charge in [0.25, 0.3) is 0 Å². The second-order valence-electron chi connectivity index (χ2n) is 2.90. The molecule has 0 saturated carbocycles. The Bertz CT molecular complexity index is 126. The van der Waals surface area contributed by atoms with Crippen molar-refractivity contribution >= 4 is 24.8 Å². The minimum Gasteiger partial charge on any atom is -0.389 e. The lowest BCUT2D eigenvalue weighted by atomic mass is 10.3. The normalized spacial score (nSPS) is 19.3. The monoisotopic (exact) mass is 248 g/mol. The molecule has 1 fully saturated rings. The Morgan fingerprint density at radius 3 is 2.43 bits per heavy atom. The first-order valence-corrected chi connectivity index (χ1v) is 4.13. The topological polar surface area (TPSA) is 68.0 Å². The number of ether oxygens (including phenoxy) is 1. The molecule has 0 aromatic rings. The molecule has 3 N–H and O–H groups in total. The number of aliphatic hydroxyl groups is 1. The zero-order valence-corrected chi connectivity index (χ0v) is 9.56. The van der Waals surface area contributed by atoms with Crippen LogP contribution in [0.15, 0.2) is 0 Å². The van der Waals surface area contributed by atoms with Crippen LogP contribution in [0.5, 0.6) is 0 Å². The lowest BCUT2D eigenvalue weighted by Crippen LogP contribution is -2.42. The minimum absolute atomic E-state index is 0. The maximum atomic E-state index is 9.31. The molecule has 1 aliphatic rings. The summed E-state index contributed by atoms with van der Waals surface area (Å²) in [6.45, 7) is 4.05. The van der Waals surface area contributed by atoms with Gasteiger partial charge >= 0.3 is 0 Å². The fraction of sp³-hybridized carbons (Fsp3) is 1.00. The van der Waals surface area contributed by atoms with E-state index >= 15 is 0 Å². The van der Waals surface area contributed by atoms with Crippen LogP contribution >= 0.6 is 24.8 Å². The smallest absolute Gasteiger partial charge is 0.0951 e. The van der Waals surface area contributed by atoms with Crippen LogP contribution in [0.1, 0.15) is 0 Å². The molecule has 0 amide bonds. The maximum Gasteiger partial charge on any atom is 0.0951 e. The molecule has 1 unspecified atom stereocenters. The first-order chi connectivity index (χ1) is 5.83. The van der Waals surface area contributed by atoms with Gasteiger partial charge in [-0.15, -0.1) is 24.8 Å². The van der Waals surface area contributed by atoms with E-state index in [0.717, 1.165) is 26.3 Å². The Hall–Kier alpha value is 0.380. The first-order valence-electron chi connectivity index (χ1n) is 4.13. The summed E-state index contributed by atoms with van der Waals surface area (Å²) in [6, 6.07) is 0. The standard InChI is InChI=1S/C7H16N2O3.2ClH/c8-12-6-7(10)5-9-1-3-11-4-2-9;;/h7,10H,1-6,8H2;2*1H. The van der Waals surface area contributed by atoms with Gasteiger partial charge in [0.2, 0.25) is 0 Å². The van der Waals surface area contributed by atoms with Gasteiger partial charge < -0.3 is 14.7 Å². The number of β-amino-alcohol motifs (C(OH)–C–C–N with tert-alkyl or cyclic N) is 1. The highest BCUT2D eigenvalue weighted by molar-refractivity contribution is 5.85. The van der Waals surface area contributed by atoms with E-state index in [9.17, 15) is 5.11 Å². The minimum atomic E-state index is -0.493. The van der Waals surface area contributed by atoms with Gasteiger partial charge in [-0.05, 0) is 0 Å². The third-order valence-corrected chi connectivity index (χ3v) is 1.86. The summed E-state index contributed by atoms with van der Waals surface area (Å²) in [5.41, 5.74) is 0. The van der Waals surface area contributed by atoms with E-state index in [1.165, 1.54) is 0 Å². The number of hydrogen-bond donors (Lipinski definition) is 2. The average molecular weight is 249 g/mol. The van der Waals surface area contributed by atoms with E-state index in [-0.39, 0.29) is 31.4 Å². The van der Waals surface area contributed by atoms with Gasteiger partial charge in [0.15, 0.2) is 0 Å². The van der Waals surface area contributed by atoms with E-state index in [1.54, 1.807) is 0 Å². The van der Waals surface area contributed by atoms with E-state index in [0.29, 0.717) is 6.54 Å². The van der Waals surface area contributed by atoms with Gasteiger partial charge in [-0.25, -0.2) is 5.90 Å². The van der Waals surface area contributed by atoms with Crippen molar-refractivity contribution in [3.8, 4) is 0 Å². The Kier molecular flexibility index (Phi) is 11.9. The molecule has 7 heteroatoms. The van der Waals surface area contributed by atoms with E-state index in [4.69, 9.17) is 10.6 Å². The molecule has 14 heavy (non-hydrogen) atoms. The summed E-state index contributed by atoms with van der Waals surface area (Å²) in [5.74, 6) is 4.83. The van der Waals surface area contributed by atoms with Crippen molar-refractivity contribution in [1.29, 1.82) is 0 Å². The molecular weight excluding hydrogens is 231 g/mol. The average Bonchev–Trinajstić information content (AvgIpc) is 2.06. The number of hydrogen-bond acceptors (Lipinski definition) is 5. The lowest BCUT2D eigenvalue weighted by molar-refractivity contribution is -0.0144. The number of nitrogens with zero attached hydrogens (tertiary/aromatic N) is 1. The molecular formula is C7H18Cl2N2O3. The second kappa shape index (κ2) is 9.92. The van der Waals surface area contributed by atoms with Crippen LogP contribution in [-0.4, -0.2) is 55.6 Å². The fourth-order valence-corrected chi connectivity index (χ4v) is 1.25.